The molecule has 0 aromatic carbocycles. The first kappa shape index (κ1) is 10.9. The van der Waals surface area contributed by atoms with Crippen molar-refractivity contribution in [1.29, 1.82) is 0 Å². The lowest BCUT2D eigenvalue weighted by Gasteiger charge is -2.22. The summed E-state index contributed by atoms with van der Waals surface area (Å²) in [6.07, 6.45) is 7.03. The third kappa shape index (κ3) is 2.54. The van der Waals surface area contributed by atoms with Crippen LogP contribution in [0.2, 0.25) is 0 Å². The van der Waals surface area contributed by atoms with Crippen LogP contribution in [0.3, 0.4) is 0 Å². The standard InChI is InChI=1S/C12H18N4O/c17-12(7-9-1-2-9)11-8-16(15-14-11)10-3-5-13-6-4-10/h8-10,13H,1-7H2. The number of nitrogens with zero attached hydrogens (tertiary/aromatic N) is 3. The molecule has 0 atom stereocenters. The molecule has 1 N–H and O–H groups in total. The smallest absolute Gasteiger partial charge is 0.184 e. The van der Waals surface area contributed by atoms with E-state index in [0.717, 1.165) is 25.9 Å². The van der Waals surface area contributed by atoms with Crippen LogP contribution in [0.15, 0.2) is 6.20 Å². The molecule has 0 unspecified atom stereocenters. The van der Waals surface area contributed by atoms with Gasteiger partial charge >= 0.3 is 0 Å². The van der Waals surface area contributed by atoms with E-state index in [1.165, 1.54) is 12.8 Å². The lowest BCUT2D eigenvalue weighted by Crippen LogP contribution is -2.29. The van der Waals surface area contributed by atoms with Gasteiger partial charge in [-0.25, -0.2) is 4.68 Å². The Balaban J connectivity index is 1.65. The van der Waals surface area contributed by atoms with E-state index in [1.807, 2.05) is 10.9 Å². The first-order valence-electron chi connectivity index (χ1n) is 6.48. The highest BCUT2D eigenvalue weighted by molar-refractivity contribution is 5.94. The van der Waals surface area contributed by atoms with Crippen molar-refractivity contribution in [2.75, 3.05) is 13.1 Å². The highest BCUT2D eigenvalue weighted by Gasteiger charge is 2.26. The van der Waals surface area contributed by atoms with Crippen molar-refractivity contribution in [3.63, 3.8) is 0 Å². The molecule has 2 aliphatic rings. The molecule has 0 radical (unpaired) electrons. The average Bonchev–Trinajstić information content (AvgIpc) is 3.04. The molecule has 1 saturated carbocycles. The van der Waals surface area contributed by atoms with Crippen molar-refractivity contribution in [3.05, 3.63) is 11.9 Å². The molecule has 2 heterocycles. The Hall–Kier alpha value is -1.23. The molecule has 0 amide bonds. The van der Waals surface area contributed by atoms with Gasteiger partial charge in [0.05, 0.1) is 12.2 Å². The fourth-order valence-electron chi connectivity index (χ4n) is 2.34. The number of carbonyl (C=O) groups is 1. The van der Waals surface area contributed by atoms with E-state index >= 15 is 0 Å². The van der Waals surface area contributed by atoms with Crippen molar-refractivity contribution >= 4 is 5.78 Å². The summed E-state index contributed by atoms with van der Waals surface area (Å²) in [4.78, 5) is 11.9. The van der Waals surface area contributed by atoms with Crippen LogP contribution in [0.1, 0.15) is 48.6 Å². The number of Topliss-reactive ketones (excluding diaryl/α,β-unsaturated/α-hetero) is 1. The van der Waals surface area contributed by atoms with E-state index in [2.05, 4.69) is 15.6 Å². The topological polar surface area (TPSA) is 59.8 Å². The Kier molecular flexibility index (Phi) is 2.93. The summed E-state index contributed by atoms with van der Waals surface area (Å²) < 4.78 is 1.88. The second-order valence-corrected chi connectivity index (χ2v) is 5.14. The van der Waals surface area contributed by atoms with Gasteiger partial charge in [-0.15, -0.1) is 5.10 Å². The Bertz CT molecular complexity index is 404. The summed E-state index contributed by atoms with van der Waals surface area (Å²) in [7, 11) is 0. The van der Waals surface area contributed by atoms with Gasteiger partial charge in [0, 0.05) is 6.42 Å². The molecule has 1 aliphatic carbocycles. The van der Waals surface area contributed by atoms with Crippen molar-refractivity contribution in [1.82, 2.24) is 20.3 Å². The third-order valence-corrected chi connectivity index (χ3v) is 3.65. The molecular weight excluding hydrogens is 216 g/mol. The zero-order valence-corrected chi connectivity index (χ0v) is 9.93. The zero-order chi connectivity index (χ0) is 11.7. The number of nitrogens with one attached hydrogen (secondary N) is 1. The first-order valence-corrected chi connectivity index (χ1v) is 6.48. The lowest BCUT2D eigenvalue weighted by atomic mass is 10.1. The molecular formula is C12H18N4O. The SMILES string of the molecule is O=C(CC1CC1)c1cn(C2CCNCC2)nn1. The summed E-state index contributed by atoms with van der Waals surface area (Å²) in [5.74, 6) is 0.777. The van der Waals surface area contributed by atoms with E-state index in [9.17, 15) is 4.79 Å². The van der Waals surface area contributed by atoms with Gasteiger partial charge < -0.3 is 5.32 Å². The molecule has 0 bridgehead atoms. The molecule has 3 rings (SSSR count). The van der Waals surface area contributed by atoms with E-state index in [1.54, 1.807) is 0 Å². The fourth-order valence-corrected chi connectivity index (χ4v) is 2.34. The predicted molar refractivity (Wildman–Crippen MR) is 62.8 cm³/mol. The number of hydrogen-bond acceptors (Lipinski definition) is 4. The van der Waals surface area contributed by atoms with Gasteiger partial charge in [-0.05, 0) is 44.7 Å². The molecule has 1 saturated heterocycles. The Morgan fingerprint density at radius 3 is 2.82 bits per heavy atom. The Labute approximate surface area is 101 Å². The number of hydrogen-bond donors (Lipinski definition) is 1. The number of piperidine rings is 1. The van der Waals surface area contributed by atoms with Gasteiger partial charge in [0.2, 0.25) is 0 Å². The van der Waals surface area contributed by atoms with Crippen LogP contribution < -0.4 is 5.32 Å². The second kappa shape index (κ2) is 4.56. The Morgan fingerprint density at radius 1 is 1.35 bits per heavy atom. The van der Waals surface area contributed by atoms with E-state index < -0.39 is 0 Å². The van der Waals surface area contributed by atoms with Crippen LogP contribution in [-0.2, 0) is 0 Å². The van der Waals surface area contributed by atoms with Crippen LogP contribution in [0, 0.1) is 5.92 Å². The molecule has 2 fully saturated rings. The maximum absolute atomic E-state index is 11.9. The highest BCUT2D eigenvalue weighted by Crippen LogP contribution is 2.33. The normalized spacial score (nSPS) is 21.6. The molecule has 5 heteroatoms. The van der Waals surface area contributed by atoms with Gasteiger partial charge in [0.25, 0.3) is 0 Å². The van der Waals surface area contributed by atoms with Gasteiger partial charge in [0.1, 0.15) is 5.69 Å². The number of carbonyl (C=O) groups excluding carboxylic acids is 1. The summed E-state index contributed by atoms with van der Waals surface area (Å²) in [5, 5.41) is 11.4. The third-order valence-electron chi connectivity index (χ3n) is 3.65. The molecule has 1 aliphatic heterocycles. The Morgan fingerprint density at radius 2 is 2.12 bits per heavy atom. The maximum atomic E-state index is 11.9. The summed E-state index contributed by atoms with van der Waals surface area (Å²) in [6, 6.07) is 0.409. The van der Waals surface area contributed by atoms with E-state index in [-0.39, 0.29) is 5.78 Å². The monoisotopic (exact) mass is 234 g/mol. The van der Waals surface area contributed by atoms with Crippen molar-refractivity contribution in [2.24, 2.45) is 5.92 Å². The number of aromatic nitrogens is 3. The summed E-state index contributed by atoms with van der Waals surface area (Å²) in [5.41, 5.74) is 0.551. The van der Waals surface area contributed by atoms with Crippen LogP contribution in [0.5, 0.6) is 0 Å². The van der Waals surface area contributed by atoms with Crippen molar-refractivity contribution in [3.8, 4) is 0 Å². The van der Waals surface area contributed by atoms with Gasteiger partial charge in [-0.2, -0.15) is 0 Å². The van der Waals surface area contributed by atoms with E-state index in [4.69, 9.17) is 0 Å². The highest BCUT2D eigenvalue weighted by atomic mass is 16.1. The summed E-state index contributed by atoms with van der Waals surface area (Å²) in [6.45, 7) is 2.05. The lowest BCUT2D eigenvalue weighted by molar-refractivity contribution is 0.0971. The van der Waals surface area contributed by atoms with Crippen LogP contribution in [-0.4, -0.2) is 33.9 Å². The fraction of sp³-hybridized carbons (Fsp3) is 0.750. The van der Waals surface area contributed by atoms with Gasteiger partial charge in [0.15, 0.2) is 5.78 Å². The summed E-state index contributed by atoms with van der Waals surface area (Å²) >= 11 is 0. The first-order chi connectivity index (χ1) is 8.33. The van der Waals surface area contributed by atoms with E-state index in [0.29, 0.717) is 24.1 Å². The second-order valence-electron chi connectivity index (χ2n) is 5.14. The minimum absolute atomic E-state index is 0.160. The maximum Gasteiger partial charge on any atom is 0.184 e. The zero-order valence-electron chi connectivity index (χ0n) is 9.93. The van der Waals surface area contributed by atoms with Gasteiger partial charge in [-0.3, -0.25) is 4.79 Å². The van der Waals surface area contributed by atoms with Crippen LogP contribution in [0.25, 0.3) is 0 Å². The molecule has 1 aromatic heterocycles. The average molecular weight is 234 g/mol. The minimum atomic E-state index is 0.160. The van der Waals surface area contributed by atoms with Crippen LogP contribution in [0.4, 0.5) is 0 Å². The quantitative estimate of drug-likeness (QED) is 0.795. The molecule has 92 valence electrons. The van der Waals surface area contributed by atoms with Crippen molar-refractivity contribution in [2.45, 2.75) is 38.1 Å². The van der Waals surface area contributed by atoms with Gasteiger partial charge in [-0.1, -0.05) is 5.21 Å². The number of ketones is 1. The largest absolute Gasteiger partial charge is 0.317 e. The van der Waals surface area contributed by atoms with Crippen molar-refractivity contribution < 1.29 is 4.79 Å². The van der Waals surface area contributed by atoms with Crippen LogP contribution >= 0.6 is 0 Å². The molecule has 5 nitrogen and oxygen atoms in total. The minimum Gasteiger partial charge on any atom is -0.317 e. The molecule has 17 heavy (non-hydrogen) atoms. The number of rotatable bonds is 4. The predicted octanol–water partition coefficient (Wildman–Crippen LogP) is 1.19. The molecule has 1 aromatic rings. The molecule has 0 spiro atoms.